The van der Waals surface area contributed by atoms with Gasteiger partial charge in [-0.1, -0.05) is 24.3 Å². The number of nitrogens with zero attached hydrogens (tertiary/aromatic N) is 1. The molecule has 0 amide bonds. The van der Waals surface area contributed by atoms with Crippen molar-refractivity contribution in [2.75, 3.05) is 20.2 Å². The summed E-state index contributed by atoms with van der Waals surface area (Å²) in [5.41, 5.74) is 1.72. The Bertz CT molecular complexity index is 908. The first kappa shape index (κ1) is 19.4. The molecule has 1 aliphatic heterocycles. The zero-order valence-electron chi connectivity index (χ0n) is 15.2. The van der Waals surface area contributed by atoms with Crippen molar-refractivity contribution < 1.29 is 23.1 Å². The number of sulfonamides is 1. The zero-order valence-corrected chi connectivity index (χ0v) is 16.0. The van der Waals surface area contributed by atoms with Crippen LogP contribution in [0.2, 0.25) is 0 Å². The molecule has 0 saturated carbocycles. The zero-order chi connectivity index (χ0) is 19.4. The Kier molecular flexibility index (Phi) is 5.82. The summed E-state index contributed by atoms with van der Waals surface area (Å²) < 4.78 is 32.6. The quantitative estimate of drug-likeness (QED) is 0.821. The van der Waals surface area contributed by atoms with Crippen molar-refractivity contribution in [3.8, 4) is 5.75 Å². The second-order valence-corrected chi connectivity index (χ2v) is 8.63. The third-order valence-corrected chi connectivity index (χ3v) is 6.74. The molecule has 27 heavy (non-hydrogen) atoms. The lowest BCUT2D eigenvalue weighted by Crippen LogP contribution is -2.39. The van der Waals surface area contributed by atoms with E-state index < -0.39 is 16.0 Å². The van der Waals surface area contributed by atoms with E-state index in [0.29, 0.717) is 18.8 Å². The average Bonchev–Trinajstić information content (AvgIpc) is 2.68. The van der Waals surface area contributed by atoms with Crippen LogP contribution in [-0.4, -0.2) is 44.0 Å². The van der Waals surface area contributed by atoms with E-state index in [0.717, 1.165) is 24.0 Å². The number of hydrogen-bond acceptors (Lipinski definition) is 4. The van der Waals surface area contributed by atoms with E-state index in [1.807, 2.05) is 18.2 Å². The fraction of sp³-hybridized carbons (Fsp3) is 0.350. The van der Waals surface area contributed by atoms with Crippen LogP contribution in [0.15, 0.2) is 53.4 Å². The van der Waals surface area contributed by atoms with Crippen LogP contribution in [-0.2, 0) is 21.2 Å². The lowest BCUT2D eigenvalue weighted by atomic mass is 9.90. The molecule has 3 rings (SSSR count). The van der Waals surface area contributed by atoms with Gasteiger partial charge in [-0.05, 0) is 54.2 Å². The van der Waals surface area contributed by atoms with Crippen LogP contribution in [0.4, 0.5) is 0 Å². The fourth-order valence-electron chi connectivity index (χ4n) is 3.46. The highest BCUT2D eigenvalue weighted by Crippen LogP contribution is 2.31. The number of piperidine rings is 1. The SMILES string of the molecule is COc1ccc(S(=O)(=O)N2CCCC(c3cccc(CC(=O)O)c3)C2)cc1. The van der Waals surface area contributed by atoms with E-state index in [-0.39, 0.29) is 17.2 Å². The average molecular weight is 389 g/mol. The molecule has 1 unspecified atom stereocenters. The minimum atomic E-state index is -3.57. The molecule has 144 valence electrons. The smallest absolute Gasteiger partial charge is 0.307 e. The molecule has 1 atom stereocenters. The number of carboxylic acids is 1. The highest BCUT2D eigenvalue weighted by Gasteiger charge is 2.31. The highest BCUT2D eigenvalue weighted by atomic mass is 32.2. The largest absolute Gasteiger partial charge is 0.497 e. The molecule has 2 aromatic rings. The molecule has 0 spiro atoms. The molecule has 2 aromatic carbocycles. The van der Waals surface area contributed by atoms with Gasteiger partial charge in [0.1, 0.15) is 5.75 Å². The molecule has 7 heteroatoms. The number of aliphatic carboxylic acids is 1. The number of ether oxygens (including phenoxy) is 1. The van der Waals surface area contributed by atoms with Gasteiger partial charge in [0.05, 0.1) is 18.4 Å². The van der Waals surface area contributed by atoms with Crippen LogP contribution in [0, 0.1) is 0 Å². The lowest BCUT2D eigenvalue weighted by Gasteiger charge is -2.32. The van der Waals surface area contributed by atoms with Gasteiger partial charge >= 0.3 is 5.97 Å². The van der Waals surface area contributed by atoms with Crippen LogP contribution in [0.3, 0.4) is 0 Å². The van der Waals surface area contributed by atoms with Crippen LogP contribution in [0.25, 0.3) is 0 Å². The topological polar surface area (TPSA) is 83.9 Å². The van der Waals surface area contributed by atoms with Crippen LogP contribution >= 0.6 is 0 Å². The van der Waals surface area contributed by atoms with E-state index in [4.69, 9.17) is 9.84 Å². The Morgan fingerprint density at radius 3 is 2.63 bits per heavy atom. The first-order chi connectivity index (χ1) is 12.9. The lowest BCUT2D eigenvalue weighted by molar-refractivity contribution is -0.136. The molecule has 1 aliphatic rings. The fourth-order valence-corrected chi connectivity index (χ4v) is 4.99. The second kappa shape index (κ2) is 8.10. The molecular weight excluding hydrogens is 366 g/mol. The third-order valence-electron chi connectivity index (χ3n) is 4.86. The Morgan fingerprint density at radius 1 is 1.22 bits per heavy atom. The Hall–Kier alpha value is -2.38. The first-order valence-corrected chi connectivity index (χ1v) is 10.3. The van der Waals surface area contributed by atoms with Gasteiger partial charge in [0.25, 0.3) is 0 Å². The number of carboxylic acid groups (broad SMARTS) is 1. The molecule has 0 aromatic heterocycles. The molecular formula is C20H23NO5S. The minimum absolute atomic E-state index is 0.0333. The van der Waals surface area contributed by atoms with Crippen molar-refractivity contribution in [1.29, 1.82) is 0 Å². The third kappa shape index (κ3) is 4.48. The molecule has 1 N–H and O–H groups in total. The summed E-state index contributed by atoms with van der Waals surface area (Å²) in [5.74, 6) is -0.208. The summed E-state index contributed by atoms with van der Waals surface area (Å²) >= 11 is 0. The van der Waals surface area contributed by atoms with Gasteiger partial charge < -0.3 is 9.84 Å². The van der Waals surface area contributed by atoms with Gasteiger partial charge in [-0.25, -0.2) is 8.42 Å². The highest BCUT2D eigenvalue weighted by molar-refractivity contribution is 7.89. The number of methoxy groups -OCH3 is 1. The summed E-state index contributed by atoms with van der Waals surface area (Å²) in [6, 6.07) is 13.8. The summed E-state index contributed by atoms with van der Waals surface area (Å²) in [4.78, 5) is 11.2. The summed E-state index contributed by atoms with van der Waals surface area (Å²) in [6.45, 7) is 0.880. The van der Waals surface area contributed by atoms with Gasteiger partial charge in [0.15, 0.2) is 0 Å². The predicted octanol–water partition coefficient (Wildman–Crippen LogP) is 2.89. The van der Waals surface area contributed by atoms with Crippen LogP contribution in [0.1, 0.15) is 29.9 Å². The van der Waals surface area contributed by atoms with Crippen molar-refractivity contribution in [2.45, 2.75) is 30.1 Å². The molecule has 6 nitrogen and oxygen atoms in total. The Balaban J connectivity index is 1.80. The number of hydrogen-bond donors (Lipinski definition) is 1. The van der Waals surface area contributed by atoms with Crippen molar-refractivity contribution >= 4 is 16.0 Å². The van der Waals surface area contributed by atoms with Gasteiger partial charge in [-0.2, -0.15) is 4.31 Å². The Morgan fingerprint density at radius 2 is 1.96 bits per heavy atom. The van der Waals surface area contributed by atoms with Gasteiger partial charge in [0.2, 0.25) is 10.0 Å². The molecule has 1 fully saturated rings. The van der Waals surface area contributed by atoms with E-state index >= 15 is 0 Å². The van der Waals surface area contributed by atoms with Crippen molar-refractivity contribution in [3.63, 3.8) is 0 Å². The van der Waals surface area contributed by atoms with E-state index in [1.54, 1.807) is 30.3 Å². The second-order valence-electron chi connectivity index (χ2n) is 6.69. The molecule has 0 bridgehead atoms. The maximum atomic E-state index is 13.0. The van der Waals surface area contributed by atoms with Crippen molar-refractivity contribution in [1.82, 2.24) is 4.31 Å². The molecule has 1 saturated heterocycles. The van der Waals surface area contributed by atoms with Crippen molar-refractivity contribution in [2.24, 2.45) is 0 Å². The van der Waals surface area contributed by atoms with E-state index in [1.165, 1.54) is 11.4 Å². The minimum Gasteiger partial charge on any atom is -0.497 e. The van der Waals surface area contributed by atoms with Crippen LogP contribution in [0.5, 0.6) is 5.75 Å². The monoisotopic (exact) mass is 389 g/mol. The number of rotatable bonds is 6. The van der Waals surface area contributed by atoms with Gasteiger partial charge in [0, 0.05) is 13.1 Å². The van der Waals surface area contributed by atoms with Crippen LogP contribution < -0.4 is 4.74 Å². The van der Waals surface area contributed by atoms with Crippen molar-refractivity contribution in [3.05, 3.63) is 59.7 Å². The van der Waals surface area contributed by atoms with Gasteiger partial charge in [-0.3, -0.25) is 4.79 Å². The summed E-state index contributed by atoms with van der Waals surface area (Å²) in [7, 11) is -2.03. The van der Waals surface area contributed by atoms with Gasteiger partial charge in [-0.15, -0.1) is 0 Å². The molecule has 1 heterocycles. The number of carbonyl (C=O) groups is 1. The summed E-state index contributed by atoms with van der Waals surface area (Å²) in [5, 5.41) is 8.98. The summed E-state index contributed by atoms with van der Waals surface area (Å²) in [6.07, 6.45) is 1.61. The van der Waals surface area contributed by atoms with E-state index in [2.05, 4.69) is 0 Å². The first-order valence-electron chi connectivity index (χ1n) is 8.85. The number of benzene rings is 2. The predicted molar refractivity (Wildman–Crippen MR) is 102 cm³/mol. The maximum Gasteiger partial charge on any atom is 0.307 e. The molecule has 0 radical (unpaired) electrons. The normalized spacial score (nSPS) is 18.2. The Labute approximate surface area is 159 Å². The standard InChI is InChI=1S/C20H23NO5S/c1-26-18-7-9-19(10-8-18)27(24,25)21-11-3-6-17(14-21)16-5-2-4-15(12-16)13-20(22)23/h2,4-5,7-10,12,17H,3,6,11,13-14H2,1H3,(H,22,23). The maximum absolute atomic E-state index is 13.0. The van der Waals surface area contributed by atoms with E-state index in [9.17, 15) is 13.2 Å². The molecule has 0 aliphatic carbocycles.